The highest BCUT2D eigenvalue weighted by Gasteiger charge is 2.21. The monoisotopic (exact) mass is 277 g/mol. The molecule has 2 N–H and O–H groups in total. The van der Waals surface area contributed by atoms with E-state index in [1.807, 2.05) is 0 Å². The van der Waals surface area contributed by atoms with E-state index in [0.29, 0.717) is 13.2 Å². The summed E-state index contributed by atoms with van der Waals surface area (Å²) in [5.41, 5.74) is 2.53. The van der Waals surface area contributed by atoms with Gasteiger partial charge in [-0.25, -0.2) is 0 Å². The van der Waals surface area contributed by atoms with Crippen molar-refractivity contribution in [2.45, 2.75) is 45.1 Å². The van der Waals surface area contributed by atoms with Crippen LogP contribution in [0.25, 0.3) is 0 Å². The topological polar surface area (TPSA) is 41.5 Å². The summed E-state index contributed by atoms with van der Waals surface area (Å²) in [5, 5.41) is 13.1. The number of hydrogen-bond acceptors (Lipinski definition) is 3. The van der Waals surface area contributed by atoms with Gasteiger partial charge in [0, 0.05) is 18.8 Å². The first-order chi connectivity index (χ1) is 9.45. The molecule has 0 saturated heterocycles. The Labute approximate surface area is 122 Å². The molecule has 1 fully saturated rings. The van der Waals surface area contributed by atoms with Crippen molar-refractivity contribution < 1.29 is 9.84 Å². The third kappa shape index (κ3) is 5.14. The van der Waals surface area contributed by atoms with E-state index in [1.165, 1.54) is 18.4 Å². The van der Waals surface area contributed by atoms with E-state index in [4.69, 9.17) is 4.74 Å². The second-order valence-electron chi connectivity index (χ2n) is 6.84. The van der Waals surface area contributed by atoms with E-state index in [2.05, 4.69) is 50.4 Å². The van der Waals surface area contributed by atoms with E-state index in [-0.39, 0.29) is 5.41 Å². The predicted octanol–water partition coefficient (Wildman–Crippen LogP) is 3.18. The minimum atomic E-state index is -0.448. The first-order valence-electron chi connectivity index (χ1n) is 7.55. The largest absolute Gasteiger partial charge is 0.389 e. The molecule has 1 saturated carbocycles. The molecule has 0 heterocycles. The Morgan fingerprint density at radius 3 is 2.45 bits per heavy atom. The van der Waals surface area contributed by atoms with Crippen LogP contribution in [-0.2, 0) is 10.2 Å². The second kappa shape index (κ2) is 6.59. The molecule has 20 heavy (non-hydrogen) atoms. The third-order valence-electron chi connectivity index (χ3n) is 3.65. The van der Waals surface area contributed by atoms with E-state index in [9.17, 15) is 5.11 Å². The highest BCUT2D eigenvalue weighted by Crippen LogP contribution is 2.28. The van der Waals surface area contributed by atoms with Gasteiger partial charge < -0.3 is 15.2 Å². The maximum Gasteiger partial charge on any atom is 0.0945 e. The summed E-state index contributed by atoms with van der Waals surface area (Å²) in [5.74, 6) is 0.750. The molecule has 0 amide bonds. The first kappa shape index (κ1) is 15.3. The maximum absolute atomic E-state index is 9.84. The fourth-order valence-electron chi connectivity index (χ4n) is 2.04. The van der Waals surface area contributed by atoms with Crippen LogP contribution < -0.4 is 5.32 Å². The van der Waals surface area contributed by atoms with Crippen LogP contribution in [0, 0.1) is 5.92 Å². The molecule has 0 aliphatic heterocycles. The minimum Gasteiger partial charge on any atom is -0.389 e. The summed E-state index contributed by atoms with van der Waals surface area (Å²) < 4.78 is 5.48. The van der Waals surface area contributed by atoms with Gasteiger partial charge in [0.1, 0.15) is 0 Å². The maximum atomic E-state index is 9.84. The van der Waals surface area contributed by atoms with Crippen LogP contribution >= 0.6 is 0 Å². The summed E-state index contributed by atoms with van der Waals surface area (Å²) in [7, 11) is 0. The molecule has 1 atom stereocenters. The van der Waals surface area contributed by atoms with Crippen LogP contribution in [0.1, 0.15) is 39.2 Å². The van der Waals surface area contributed by atoms with Crippen LogP contribution in [0.15, 0.2) is 24.3 Å². The molecule has 0 radical (unpaired) electrons. The molecule has 1 aliphatic carbocycles. The van der Waals surface area contributed by atoms with E-state index in [0.717, 1.165) is 18.2 Å². The molecule has 112 valence electrons. The van der Waals surface area contributed by atoms with Crippen molar-refractivity contribution in [1.82, 2.24) is 0 Å². The molecule has 1 unspecified atom stereocenters. The van der Waals surface area contributed by atoms with Gasteiger partial charge in [-0.15, -0.1) is 0 Å². The van der Waals surface area contributed by atoms with Crippen molar-refractivity contribution in [1.29, 1.82) is 0 Å². The number of rotatable bonds is 7. The van der Waals surface area contributed by atoms with Crippen LogP contribution in [0.5, 0.6) is 0 Å². The fourth-order valence-corrected chi connectivity index (χ4v) is 2.04. The number of hydrogen-bond donors (Lipinski definition) is 2. The highest BCUT2D eigenvalue weighted by molar-refractivity contribution is 5.45. The van der Waals surface area contributed by atoms with Gasteiger partial charge in [0.25, 0.3) is 0 Å². The van der Waals surface area contributed by atoms with Gasteiger partial charge in [-0.2, -0.15) is 0 Å². The zero-order chi connectivity index (χ0) is 14.6. The van der Waals surface area contributed by atoms with Crippen molar-refractivity contribution in [2.24, 2.45) is 5.92 Å². The molecular formula is C17H27NO2. The number of benzene rings is 1. The van der Waals surface area contributed by atoms with E-state index in [1.54, 1.807) is 0 Å². The molecular weight excluding hydrogens is 250 g/mol. The average Bonchev–Trinajstić information content (AvgIpc) is 3.20. The normalized spacial score (nSPS) is 17.0. The quantitative estimate of drug-likeness (QED) is 0.804. The van der Waals surface area contributed by atoms with Crippen LogP contribution in [-0.4, -0.2) is 31.0 Å². The van der Waals surface area contributed by atoms with Crippen LogP contribution in [0.2, 0.25) is 0 Å². The molecule has 0 aromatic heterocycles. The van der Waals surface area contributed by atoms with Gasteiger partial charge in [0.05, 0.1) is 12.7 Å². The van der Waals surface area contributed by atoms with Gasteiger partial charge in [0.2, 0.25) is 0 Å². The lowest BCUT2D eigenvalue weighted by atomic mass is 9.87. The predicted molar refractivity (Wildman–Crippen MR) is 83.2 cm³/mol. The third-order valence-corrected chi connectivity index (χ3v) is 3.65. The summed E-state index contributed by atoms with van der Waals surface area (Å²) in [6, 6.07) is 8.41. The number of nitrogens with one attached hydrogen (secondary N) is 1. The average molecular weight is 277 g/mol. The zero-order valence-corrected chi connectivity index (χ0v) is 12.9. The molecule has 1 aromatic carbocycles. The van der Waals surface area contributed by atoms with E-state index < -0.39 is 6.10 Å². The lowest BCUT2D eigenvalue weighted by Crippen LogP contribution is -2.25. The summed E-state index contributed by atoms with van der Waals surface area (Å²) in [6.07, 6.45) is 2.12. The molecule has 3 nitrogen and oxygen atoms in total. The van der Waals surface area contributed by atoms with Gasteiger partial charge >= 0.3 is 0 Å². The lowest BCUT2D eigenvalue weighted by molar-refractivity contribution is 0.0386. The molecule has 1 aliphatic rings. The number of anilines is 1. The number of aliphatic hydroxyl groups is 1. The minimum absolute atomic E-state index is 0.175. The smallest absolute Gasteiger partial charge is 0.0945 e. The lowest BCUT2D eigenvalue weighted by Gasteiger charge is -2.19. The molecule has 2 rings (SSSR count). The Morgan fingerprint density at radius 1 is 1.25 bits per heavy atom. The Bertz CT molecular complexity index is 404. The second-order valence-corrected chi connectivity index (χ2v) is 6.84. The molecule has 0 spiro atoms. The van der Waals surface area contributed by atoms with E-state index >= 15 is 0 Å². The molecule has 3 heteroatoms. The Morgan fingerprint density at radius 2 is 1.90 bits per heavy atom. The van der Waals surface area contributed by atoms with Crippen molar-refractivity contribution in [3.63, 3.8) is 0 Å². The highest BCUT2D eigenvalue weighted by atomic mass is 16.5. The molecule has 1 aromatic rings. The summed E-state index contributed by atoms with van der Waals surface area (Å²) >= 11 is 0. The number of aliphatic hydroxyl groups excluding tert-OH is 1. The summed E-state index contributed by atoms with van der Waals surface area (Å²) in [6.45, 7) is 8.36. The Balaban J connectivity index is 1.69. The van der Waals surface area contributed by atoms with Gasteiger partial charge in [-0.3, -0.25) is 0 Å². The SMILES string of the molecule is CC(C)(C)c1ccc(NCC(O)COCC2CC2)cc1. The molecule has 0 bridgehead atoms. The van der Waals surface area contributed by atoms with Crippen LogP contribution in [0.3, 0.4) is 0 Å². The zero-order valence-electron chi connectivity index (χ0n) is 12.9. The van der Waals surface area contributed by atoms with Crippen molar-refractivity contribution in [3.8, 4) is 0 Å². The van der Waals surface area contributed by atoms with Gasteiger partial charge in [0.15, 0.2) is 0 Å². The van der Waals surface area contributed by atoms with Crippen molar-refractivity contribution >= 4 is 5.69 Å². The van der Waals surface area contributed by atoms with Gasteiger partial charge in [-0.1, -0.05) is 32.9 Å². The Hall–Kier alpha value is -1.06. The summed E-state index contributed by atoms with van der Waals surface area (Å²) in [4.78, 5) is 0. The standard InChI is InChI=1S/C17H27NO2/c1-17(2,3)14-6-8-15(9-7-14)18-10-16(19)12-20-11-13-4-5-13/h6-9,13,16,18-19H,4-5,10-12H2,1-3H3. The van der Waals surface area contributed by atoms with Crippen molar-refractivity contribution in [2.75, 3.05) is 25.1 Å². The van der Waals surface area contributed by atoms with Gasteiger partial charge in [-0.05, 0) is 41.9 Å². The van der Waals surface area contributed by atoms with Crippen molar-refractivity contribution in [3.05, 3.63) is 29.8 Å². The first-order valence-corrected chi connectivity index (χ1v) is 7.55. The fraction of sp³-hybridized carbons (Fsp3) is 0.647. The Kier molecular flexibility index (Phi) is 5.06. The van der Waals surface area contributed by atoms with Crippen LogP contribution in [0.4, 0.5) is 5.69 Å². The number of ether oxygens (including phenoxy) is 1.